The van der Waals surface area contributed by atoms with Crippen LogP contribution in [0.2, 0.25) is 5.02 Å². The first-order valence-corrected chi connectivity index (χ1v) is 13.0. The van der Waals surface area contributed by atoms with E-state index < -0.39 is 0 Å². The zero-order valence-electron chi connectivity index (χ0n) is 19.9. The number of piperazine rings is 1. The molecule has 3 fully saturated rings. The van der Waals surface area contributed by atoms with Gasteiger partial charge >= 0.3 is 0 Å². The van der Waals surface area contributed by atoms with E-state index in [1.807, 2.05) is 23.1 Å². The van der Waals surface area contributed by atoms with Gasteiger partial charge in [0.2, 0.25) is 5.91 Å². The first kappa shape index (κ1) is 23.4. The second kappa shape index (κ2) is 9.16. The van der Waals surface area contributed by atoms with Crippen LogP contribution in [0, 0.1) is 5.82 Å². The van der Waals surface area contributed by atoms with Gasteiger partial charge in [-0.05, 0) is 74.3 Å². The van der Waals surface area contributed by atoms with Crippen LogP contribution in [0.15, 0.2) is 36.4 Å². The lowest BCUT2D eigenvalue weighted by molar-refractivity contribution is -0.138. The van der Waals surface area contributed by atoms with Gasteiger partial charge in [-0.2, -0.15) is 5.10 Å². The number of hydrogen-bond acceptors (Lipinski definition) is 4. The Hall–Kier alpha value is -2.97. The summed E-state index contributed by atoms with van der Waals surface area (Å²) in [7, 11) is 0. The highest BCUT2D eigenvalue weighted by atomic mass is 35.5. The minimum atomic E-state index is -0.381. The average molecular weight is 511 g/mol. The molecule has 6 rings (SSSR count). The molecule has 2 aromatic heterocycles. The molecule has 188 valence electrons. The standard InChI is InChI=1S/C27H28ClFN4O3/c28-25-23-14-18(16-4-5-16)13-22(17-2-1-3-19(29)12-17)33(23)30-26(25)27(36)31-10-11-32(24(35)15-31)20-6-8-21(34)9-7-20/h1-3,12-14,16,20-21,34H,4-11,15H2. The predicted molar refractivity (Wildman–Crippen MR) is 133 cm³/mol. The molecule has 0 bridgehead atoms. The van der Waals surface area contributed by atoms with Crippen LogP contribution in [0.3, 0.4) is 0 Å². The fourth-order valence-corrected chi connectivity index (χ4v) is 5.80. The molecular weight excluding hydrogens is 483 g/mol. The molecule has 36 heavy (non-hydrogen) atoms. The van der Waals surface area contributed by atoms with Gasteiger partial charge in [-0.25, -0.2) is 8.91 Å². The van der Waals surface area contributed by atoms with Crippen molar-refractivity contribution < 1.29 is 19.1 Å². The molecule has 7 nitrogen and oxygen atoms in total. The summed E-state index contributed by atoms with van der Waals surface area (Å²) < 4.78 is 15.6. The largest absolute Gasteiger partial charge is 0.393 e. The van der Waals surface area contributed by atoms with Crippen molar-refractivity contribution in [3.63, 3.8) is 0 Å². The van der Waals surface area contributed by atoms with Crippen molar-refractivity contribution in [3.05, 3.63) is 58.5 Å². The summed E-state index contributed by atoms with van der Waals surface area (Å²) >= 11 is 6.74. The number of amides is 2. The van der Waals surface area contributed by atoms with E-state index in [9.17, 15) is 19.1 Å². The molecule has 0 radical (unpaired) electrons. The Morgan fingerprint density at radius 1 is 1.06 bits per heavy atom. The maximum absolute atomic E-state index is 14.0. The molecule has 0 atom stereocenters. The molecule has 0 unspecified atom stereocenters. The number of pyridine rings is 1. The lowest BCUT2D eigenvalue weighted by Crippen LogP contribution is -2.56. The zero-order valence-corrected chi connectivity index (χ0v) is 20.6. The van der Waals surface area contributed by atoms with Crippen LogP contribution in [0.1, 0.15) is 60.5 Å². The fourth-order valence-electron chi connectivity index (χ4n) is 5.55. The second-order valence-corrected chi connectivity index (χ2v) is 10.6. The number of benzene rings is 1. The highest BCUT2D eigenvalue weighted by Crippen LogP contribution is 2.43. The van der Waals surface area contributed by atoms with E-state index in [4.69, 9.17) is 11.6 Å². The third-order valence-electron chi connectivity index (χ3n) is 7.72. The van der Waals surface area contributed by atoms with Crippen molar-refractivity contribution in [1.82, 2.24) is 19.4 Å². The van der Waals surface area contributed by atoms with Gasteiger partial charge in [0.25, 0.3) is 5.91 Å². The number of nitrogens with zero attached hydrogens (tertiary/aromatic N) is 4. The van der Waals surface area contributed by atoms with Crippen LogP contribution in [-0.4, -0.2) is 68.1 Å². The van der Waals surface area contributed by atoms with Crippen molar-refractivity contribution in [2.75, 3.05) is 19.6 Å². The number of aliphatic hydroxyl groups excluding tert-OH is 1. The number of rotatable bonds is 4. The van der Waals surface area contributed by atoms with Crippen molar-refractivity contribution in [1.29, 1.82) is 0 Å². The molecule has 0 spiro atoms. The van der Waals surface area contributed by atoms with Crippen molar-refractivity contribution >= 4 is 28.9 Å². The molecule has 1 saturated heterocycles. The Morgan fingerprint density at radius 3 is 2.53 bits per heavy atom. The summed E-state index contributed by atoms with van der Waals surface area (Å²) in [6.45, 7) is 0.834. The monoisotopic (exact) mass is 510 g/mol. The smallest absolute Gasteiger partial charge is 0.276 e. The first-order chi connectivity index (χ1) is 17.4. The summed E-state index contributed by atoms with van der Waals surface area (Å²) in [5, 5.41) is 14.6. The van der Waals surface area contributed by atoms with Crippen molar-refractivity contribution in [2.45, 2.75) is 56.6 Å². The molecule has 3 aliphatic rings. The van der Waals surface area contributed by atoms with Gasteiger partial charge in [-0.3, -0.25) is 9.59 Å². The van der Waals surface area contributed by atoms with E-state index >= 15 is 0 Å². The average Bonchev–Trinajstić information content (AvgIpc) is 3.67. The summed E-state index contributed by atoms with van der Waals surface area (Å²) in [6, 6.07) is 10.4. The molecular formula is C27H28ClFN4O3. The van der Waals surface area contributed by atoms with Gasteiger partial charge in [0.05, 0.1) is 22.3 Å². The number of aromatic nitrogens is 2. The molecule has 2 amide bonds. The first-order valence-electron chi connectivity index (χ1n) is 12.6. The van der Waals surface area contributed by atoms with E-state index in [1.165, 1.54) is 17.0 Å². The predicted octanol–water partition coefficient (Wildman–Crippen LogP) is 4.26. The minimum Gasteiger partial charge on any atom is -0.393 e. The van der Waals surface area contributed by atoms with E-state index in [-0.39, 0.29) is 47.0 Å². The Bertz CT molecular complexity index is 1350. The number of fused-ring (bicyclic) bond motifs is 1. The SMILES string of the molecule is O=C(c1nn2c(-c3cccc(F)c3)cc(C3CC3)cc2c1Cl)N1CCN(C2CCC(O)CC2)C(=O)C1. The summed E-state index contributed by atoms with van der Waals surface area (Å²) in [6.07, 6.45) is 4.85. The van der Waals surface area contributed by atoms with E-state index in [2.05, 4.69) is 5.10 Å². The quantitative estimate of drug-likeness (QED) is 0.569. The Balaban J connectivity index is 1.30. The fraction of sp³-hybridized carbons (Fsp3) is 0.444. The third kappa shape index (κ3) is 4.26. The van der Waals surface area contributed by atoms with E-state index in [0.717, 1.165) is 31.2 Å². The Labute approximate surface area is 213 Å². The maximum Gasteiger partial charge on any atom is 0.276 e. The topological polar surface area (TPSA) is 78.2 Å². The number of carbonyl (C=O) groups excluding carboxylic acids is 2. The zero-order chi connectivity index (χ0) is 25.0. The molecule has 1 aliphatic heterocycles. The molecule has 3 aromatic rings. The lowest BCUT2D eigenvalue weighted by atomic mass is 9.91. The number of halogens is 2. The van der Waals surface area contributed by atoms with Crippen molar-refractivity contribution in [2.24, 2.45) is 0 Å². The second-order valence-electron chi connectivity index (χ2n) is 10.2. The Morgan fingerprint density at radius 2 is 1.83 bits per heavy atom. The summed E-state index contributed by atoms with van der Waals surface area (Å²) in [4.78, 5) is 29.8. The van der Waals surface area contributed by atoms with Gasteiger partial charge in [0.1, 0.15) is 12.4 Å². The highest BCUT2D eigenvalue weighted by molar-refractivity contribution is 6.37. The molecule has 1 aromatic carbocycles. The molecule has 2 saturated carbocycles. The van der Waals surface area contributed by atoms with Gasteiger partial charge < -0.3 is 14.9 Å². The van der Waals surface area contributed by atoms with Crippen molar-refractivity contribution in [3.8, 4) is 11.3 Å². The number of hydrogen-bond donors (Lipinski definition) is 1. The molecule has 3 heterocycles. The summed E-state index contributed by atoms with van der Waals surface area (Å²) in [5.74, 6) is -0.392. The van der Waals surface area contributed by atoms with Crippen LogP contribution in [0.5, 0.6) is 0 Å². The van der Waals surface area contributed by atoms with Gasteiger partial charge in [-0.1, -0.05) is 23.7 Å². The molecule has 2 aliphatic carbocycles. The molecule has 1 N–H and O–H groups in total. The van der Waals surface area contributed by atoms with Gasteiger partial charge in [0, 0.05) is 24.7 Å². The van der Waals surface area contributed by atoms with Crippen LogP contribution >= 0.6 is 11.6 Å². The maximum atomic E-state index is 14.0. The minimum absolute atomic E-state index is 0.0217. The number of carbonyl (C=O) groups is 2. The van der Waals surface area contributed by atoms with Crippen LogP contribution < -0.4 is 0 Å². The molecule has 9 heteroatoms. The van der Waals surface area contributed by atoms with Crippen LogP contribution in [-0.2, 0) is 4.79 Å². The van der Waals surface area contributed by atoms with E-state index in [0.29, 0.717) is 48.6 Å². The van der Waals surface area contributed by atoms with E-state index in [1.54, 1.807) is 10.6 Å². The third-order valence-corrected chi connectivity index (χ3v) is 8.09. The highest BCUT2D eigenvalue weighted by Gasteiger charge is 2.35. The summed E-state index contributed by atoms with van der Waals surface area (Å²) in [5.41, 5.74) is 3.14. The normalized spacial score (nSPS) is 22.9. The van der Waals surface area contributed by atoms with Gasteiger partial charge in [0.15, 0.2) is 5.69 Å². The Kier molecular flexibility index (Phi) is 5.96. The number of aliphatic hydroxyl groups is 1. The lowest BCUT2D eigenvalue weighted by Gasteiger charge is -2.41. The van der Waals surface area contributed by atoms with Gasteiger partial charge in [-0.15, -0.1) is 0 Å². The van der Waals surface area contributed by atoms with Crippen LogP contribution in [0.4, 0.5) is 4.39 Å². The van der Waals surface area contributed by atoms with Crippen LogP contribution in [0.25, 0.3) is 16.8 Å².